The number of nitrogens with one attached hydrogen (secondary N) is 4. The van der Waals surface area contributed by atoms with Crippen molar-refractivity contribution in [2.24, 2.45) is 11.7 Å². The number of rotatable bonds is 8. The number of carbonyl (C=O) groups excluding carboxylic acids is 3. The molecule has 12 heteroatoms. The van der Waals surface area contributed by atoms with E-state index in [1.54, 1.807) is 18.2 Å². The lowest BCUT2D eigenvalue weighted by atomic mass is 9.72. The molecule has 0 saturated heterocycles. The maximum atomic E-state index is 14.6. The molecule has 30 heavy (non-hydrogen) atoms. The standard InChI is InChI=1S/C18H23FN8O3/c19-18(9-23-14(28)5-13-25-16(20)27-26-13)6-10(7-18)8-22-15(29)11-2-1-3-12(4-11)24-17(21)30/h1-4,10H,5-9H2,(H,22,29)(H,23,28)(H3,21,24,30)(H3,20,25,26,27). The molecule has 0 unspecified atom stereocenters. The van der Waals surface area contributed by atoms with Crippen molar-refractivity contribution in [2.75, 3.05) is 24.1 Å². The number of primary amides is 1. The first-order valence-electron chi connectivity index (χ1n) is 9.29. The summed E-state index contributed by atoms with van der Waals surface area (Å²) in [4.78, 5) is 38.8. The third kappa shape index (κ3) is 5.65. The van der Waals surface area contributed by atoms with Crippen LogP contribution in [0.25, 0.3) is 0 Å². The van der Waals surface area contributed by atoms with Gasteiger partial charge in [0.15, 0.2) is 0 Å². The van der Waals surface area contributed by atoms with Crippen LogP contribution in [0.3, 0.4) is 0 Å². The fraction of sp³-hybridized carbons (Fsp3) is 0.389. The summed E-state index contributed by atoms with van der Waals surface area (Å²) in [6.45, 7) is 0.198. The maximum absolute atomic E-state index is 14.6. The van der Waals surface area contributed by atoms with E-state index in [1.807, 2.05) is 0 Å². The van der Waals surface area contributed by atoms with Gasteiger partial charge < -0.3 is 27.4 Å². The zero-order chi connectivity index (χ0) is 21.7. The summed E-state index contributed by atoms with van der Waals surface area (Å²) in [7, 11) is 0. The Kier molecular flexibility index (Phi) is 6.14. The highest BCUT2D eigenvalue weighted by Gasteiger charge is 2.44. The zero-order valence-corrected chi connectivity index (χ0v) is 16.1. The lowest BCUT2D eigenvalue weighted by molar-refractivity contribution is -0.122. The first-order valence-corrected chi connectivity index (χ1v) is 9.29. The molecule has 1 aromatic carbocycles. The SMILES string of the molecule is NC(=O)Nc1cccc(C(=O)NCC2CC(F)(CNC(=O)Cc3nc(N)n[nH]3)C2)c1. The van der Waals surface area contributed by atoms with Crippen LogP contribution < -0.4 is 27.4 Å². The van der Waals surface area contributed by atoms with Gasteiger partial charge in [-0.3, -0.25) is 14.7 Å². The number of nitrogens with two attached hydrogens (primary N) is 2. The third-order valence-electron chi connectivity index (χ3n) is 4.73. The van der Waals surface area contributed by atoms with E-state index < -0.39 is 11.7 Å². The van der Waals surface area contributed by atoms with Gasteiger partial charge in [0.1, 0.15) is 11.5 Å². The monoisotopic (exact) mass is 418 g/mol. The van der Waals surface area contributed by atoms with Gasteiger partial charge in [0, 0.05) is 17.8 Å². The Morgan fingerprint density at radius 3 is 2.70 bits per heavy atom. The number of nitrogen functional groups attached to an aromatic ring is 1. The highest BCUT2D eigenvalue weighted by molar-refractivity contribution is 5.96. The molecule has 1 aliphatic carbocycles. The molecule has 8 N–H and O–H groups in total. The van der Waals surface area contributed by atoms with Crippen LogP contribution in [-0.4, -0.2) is 51.8 Å². The molecule has 0 bridgehead atoms. The number of carbonyl (C=O) groups is 3. The molecular formula is C18H23FN8O3. The second-order valence-corrected chi connectivity index (χ2v) is 7.30. The number of H-pyrrole nitrogens is 1. The number of hydrogen-bond donors (Lipinski definition) is 6. The molecule has 0 atom stereocenters. The zero-order valence-electron chi connectivity index (χ0n) is 16.1. The minimum atomic E-state index is -1.50. The molecule has 1 aromatic heterocycles. The molecule has 1 saturated carbocycles. The van der Waals surface area contributed by atoms with Crippen molar-refractivity contribution in [3.8, 4) is 0 Å². The van der Waals surface area contributed by atoms with Crippen molar-refractivity contribution < 1.29 is 18.8 Å². The van der Waals surface area contributed by atoms with E-state index >= 15 is 0 Å². The van der Waals surface area contributed by atoms with Gasteiger partial charge in [0.05, 0.1) is 13.0 Å². The van der Waals surface area contributed by atoms with Gasteiger partial charge in [-0.2, -0.15) is 4.98 Å². The average Bonchev–Trinajstić information content (AvgIpc) is 3.07. The van der Waals surface area contributed by atoms with Gasteiger partial charge in [-0.05, 0) is 37.0 Å². The second kappa shape index (κ2) is 8.76. The van der Waals surface area contributed by atoms with Crippen molar-refractivity contribution in [1.82, 2.24) is 25.8 Å². The minimum absolute atomic E-state index is 0.0307. The molecule has 1 heterocycles. The van der Waals surface area contributed by atoms with Gasteiger partial charge in [-0.25, -0.2) is 9.18 Å². The molecule has 1 fully saturated rings. The van der Waals surface area contributed by atoms with E-state index in [9.17, 15) is 18.8 Å². The van der Waals surface area contributed by atoms with Crippen LogP contribution in [0.4, 0.5) is 20.8 Å². The van der Waals surface area contributed by atoms with Gasteiger partial charge in [0.25, 0.3) is 5.91 Å². The van der Waals surface area contributed by atoms with Crippen LogP contribution in [0, 0.1) is 5.92 Å². The van der Waals surface area contributed by atoms with E-state index in [-0.39, 0.29) is 49.5 Å². The van der Waals surface area contributed by atoms with Gasteiger partial charge in [0.2, 0.25) is 11.9 Å². The molecule has 4 amide bonds. The lowest BCUT2D eigenvalue weighted by Gasteiger charge is -2.41. The van der Waals surface area contributed by atoms with Crippen molar-refractivity contribution in [3.05, 3.63) is 35.7 Å². The quantitative estimate of drug-likeness (QED) is 0.353. The van der Waals surface area contributed by atoms with Crippen LogP contribution in [-0.2, 0) is 11.2 Å². The van der Waals surface area contributed by atoms with Crippen molar-refractivity contribution >= 4 is 29.5 Å². The molecule has 0 aliphatic heterocycles. The summed E-state index contributed by atoms with van der Waals surface area (Å²) in [6, 6.07) is 5.60. The molecule has 0 radical (unpaired) electrons. The fourth-order valence-corrected chi connectivity index (χ4v) is 3.34. The Hall–Kier alpha value is -3.70. The Bertz CT molecular complexity index is 941. The summed E-state index contributed by atoms with van der Waals surface area (Å²) >= 11 is 0. The van der Waals surface area contributed by atoms with Crippen LogP contribution in [0.2, 0.25) is 0 Å². The molecular weight excluding hydrogens is 395 g/mol. The fourth-order valence-electron chi connectivity index (χ4n) is 3.34. The predicted molar refractivity (Wildman–Crippen MR) is 106 cm³/mol. The third-order valence-corrected chi connectivity index (χ3v) is 4.73. The maximum Gasteiger partial charge on any atom is 0.316 e. The highest BCUT2D eigenvalue weighted by atomic mass is 19.1. The van der Waals surface area contributed by atoms with E-state index in [2.05, 4.69) is 31.1 Å². The number of amides is 4. The van der Waals surface area contributed by atoms with Crippen molar-refractivity contribution in [1.29, 1.82) is 0 Å². The number of anilines is 2. The topological polar surface area (TPSA) is 181 Å². The van der Waals surface area contributed by atoms with Crippen LogP contribution in [0.15, 0.2) is 24.3 Å². The summed E-state index contributed by atoms with van der Waals surface area (Å²) in [5, 5.41) is 13.8. The number of alkyl halides is 1. The van der Waals surface area contributed by atoms with Gasteiger partial charge in [-0.15, -0.1) is 5.10 Å². The Balaban J connectivity index is 1.38. The first kappa shape index (κ1) is 21.0. The predicted octanol–water partition coefficient (Wildman–Crippen LogP) is 0.0845. The average molecular weight is 418 g/mol. The number of aromatic nitrogens is 3. The number of nitrogens with zero attached hydrogens (tertiary/aromatic N) is 2. The summed E-state index contributed by atoms with van der Waals surface area (Å²) in [6.07, 6.45) is 0.390. The first-order chi connectivity index (χ1) is 14.2. The van der Waals surface area contributed by atoms with Crippen LogP contribution in [0.5, 0.6) is 0 Å². The van der Waals surface area contributed by atoms with E-state index in [0.717, 1.165) is 0 Å². The van der Waals surface area contributed by atoms with Crippen LogP contribution in [0.1, 0.15) is 29.0 Å². The Labute approximate surface area is 171 Å². The molecule has 0 spiro atoms. The van der Waals surface area contributed by atoms with E-state index in [4.69, 9.17) is 11.5 Å². The van der Waals surface area contributed by atoms with Gasteiger partial charge in [-0.1, -0.05) is 6.07 Å². The number of benzene rings is 1. The molecule has 3 rings (SSSR count). The molecule has 2 aromatic rings. The Morgan fingerprint density at radius 2 is 2.03 bits per heavy atom. The number of aromatic amines is 1. The van der Waals surface area contributed by atoms with Crippen molar-refractivity contribution in [2.45, 2.75) is 24.9 Å². The van der Waals surface area contributed by atoms with Crippen molar-refractivity contribution in [3.63, 3.8) is 0 Å². The van der Waals surface area contributed by atoms with Gasteiger partial charge >= 0.3 is 6.03 Å². The second-order valence-electron chi connectivity index (χ2n) is 7.30. The minimum Gasteiger partial charge on any atom is -0.367 e. The smallest absolute Gasteiger partial charge is 0.316 e. The number of hydrogen-bond acceptors (Lipinski definition) is 6. The molecule has 160 valence electrons. The largest absolute Gasteiger partial charge is 0.367 e. The lowest BCUT2D eigenvalue weighted by Crippen LogP contribution is -2.51. The number of urea groups is 1. The Morgan fingerprint density at radius 1 is 1.27 bits per heavy atom. The molecule has 11 nitrogen and oxygen atoms in total. The van der Waals surface area contributed by atoms with Crippen LogP contribution >= 0.6 is 0 Å². The summed E-state index contributed by atoms with van der Waals surface area (Å²) < 4.78 is 14.6. The van der Waals surface area contributed by atoms with E-state index in [1.165, 1.54) is 6.07 Å². The highest BCUT2D eigenvalue weighted by Crippen LogP contribution is 2.40. The molecule has 1 aliphatic rings. The normalized spacial score (nSPS) is 20.1. The van der Waals surface area contributed by atoms with E-state index in [0.29, 0.717) is 23.6 Å². The summed E-state index contributed by atoms with van der Waals surface area (Å²) in [5.74, 6) is -0.401. The number of halogens is 1. The summed E-state index contributed by atoms with van der Waals surface area (Å²) in [5.41, 5.74) is 9.68.